The SMILES string of the molecule is COc1cc(C2=NCCN2C)ccc1-c1cc(CN)on1. The van der Waals surface area contributed by atoms with Gasteiger partial charge in [0.15, 0.2) is 5.76 Å². The molecule has 0 bridgehead atoms. The van der Waals surface area contributed by atoms with Gasteiger partial charge in [-0.25, -0.2) is 0 Å². The maximum atomic E-state index is 5.55. The number of methoxy groups -OCH3 is 1. The third-order valence-corrected chi connectivity index (χ3v) is 3.55. The molecule has 1 aliphatic heterocycles. The Morgan fingerprint density at radius 2 is 2.24 bits per heavy atom. The van der Waals surface area contributed by atoms with E-state index in [4.69, 9.17) is 15.0 Å². The zero-order chi connectivity index (χ0) is 14.8. The minimum atomic E-state index is 0.328. The number of benzene rings is 1. The summed E-state index contributed by atoms with van der Waals surface area (Å²) in [6.07, 6.45) is 0. The summed E-state index contributed by atoms with van der Waals surface area (Å²) in [7, 11) is 3.68. The van der Waals surface area contributed by atoms with Crippen molar-refractivity contribution in [3.8, 4) is 17.0 Å². The van der Waals surface area contributed by atoms with E-state index in [1.165, 1.54) is 0 Å². The third-order valence-electron chi connectivity index (χ3n) is 3.55. The molecule has 0 spiro atoms. The van der Waals surface area contributed by atoms with E-state index in [1.54, 1.807) is 7.11 Å². The number of aliphatic imine (C=N–C) groups is 1. The normalized spacial score (nSPS) is 14.4. The quantitative estimate of drug-likeness (QED) is 0.921. The van der Waals surface area contributed by atoms with Crippen molar-refractivity contribution < 1.29 is 9.26 Å². The van der Waals surface area contributed by atoms with Crippen LogP contribution in [-0.2, 0) is 6.54 Å². The van der Waals surface area contributed by atoms with Crippen molar-refractivity contribution in [3.63, 3.8) is 0 Å². The molecule has 0 fully saturated rings. The molecule has 21 heavy (non-hydrogen) atoms. The van der Waals surface area contributed by atoms with Crippen LogP contribution in [0.15, 0.2) is 33.8 Å². The Bertz CT molecular complexity index is 678. The van der Waals surface area contributed by atoms with Crippen molar-refractivity contribution in [2.24, 2.45) is 10.7 Å². The zero-order valence-corrected chi connectivity index (χ0v) is 12.2. The summed E-state index contributed by atoms with van der Waals surface area (Å²) in [5.41, 5.74) is 8.19. The lowest BCUT2D eigenvalue weighted by atomic mass is 10.1. The highest BCUT2D eigenvalue weighted by Crippen LogP contribution is 2.31. The third kappa shape index (κ3) is 2.50. The average Bonchev–Trinajstić information content (AvgIpc) is 3.15. The molecule has 110 valence electrons. The number of amidine groups is 1. The molecule has 0 unspecified atom stereocenters. The van der Waals surface area contributed by atoms with E-state index >= 15 is 0 Å². The highest BCUT2D eigenvalue weighted by Gasteiger charge is 2.18. The van der Waals surface area contributed by atoms with Crippen LogP contribution in [0.2, 0.25) is 0 Å². The number of likely N-dealkylation sites (N-methyl/N-ethyl adjacent to an activating group) is 1. The Morgan fingerprint density at radius 3 is 2.86 bits per heavy atom. The topological polar surface area (TPSA) is 76.9 Å². The number of rotatable bonds is 4. The first-order chi connectivity index (χ1) is 10.2. The predicted octanol–water partition coefficient (Wildman–Crippen LogP) is 1.50. The first kappa shape index (κ1) is 13.6. The van der Waals surface area contributed by atoms with Gasteiger partial charge in [0.05, 0.1) is 20.2 Å². The van der Waals surface area contributed by atoms with Gasteiger partial charge in [0.1, 0.15) is 17.3 Å². The van der Waals surface area contributed by atoms with Gasteiger partial charge in [0.2, 0.25) is 0 Å². The summed E-state index contributed by atoms with van der Waals surface area (Å²) in [5.74, 6) is 2.38. The van der Waals surface area contributed by atoms with Crippen LogP contribution in [0.4, 0.5) is 0 Å². The summed E-state index contributed by atoms with van der Waals surface area (Å²) < 4.78 is 10.6. The Labute approximate surface area is 123 Å². The molecule has 1 aliphatic rings. The second-order valence-corrected chi connectivity index (χ2v) is 4.92. The first-order valence-corrected chi connectivity index (χ1v) is 6.83. The van der Waals surface area contributed by atoms with Crippen molar-refractivity contribution >= 4 is 5.84 Å². The molecule has 6 heteroatoms. The fourth-order valence-electron chi connectivity index (χ4n) is 2.42. The lowest BCUT2D eigenvalue weighted by Crippen LogP contribution is -2.23. The summed E-state index contributed by atoms with van der Waals surface area (Å²) in [6, 6.07) is 7.81. The molecule has 0 aliphatic carbocycles. The zero-order valence-electron chi connectivity index (χ0n) is 12.2. The smallest absolute Gasteiger partial charge is 0.150 e. The van der Waals surface area contributed by atoms with Gasteiger partial charge >= 0.3 is 0 Å². The maximum Gasteiger partial charge on any atom is 0.150 e. The summed E-state index contributed by atoms with van der Waals surface area (Å²) in [4.78, 5) is 6.65. The second-order valence-electron chi connectivity index (χ2n) is 4.92. The van der Waals surface area contributed by atoms with E-state index in [0.29, 0.717) is 12.3 Å². The summed E-state index contributed by atoms with van der Waals surface area (Å²) in [5, 5.41) is 4.03. The van der Waals surface area contributed by atoms with Gasteiger partial charge < -0.3 is 19.9 Å². The van der Waals surface area contributed by atoms with Gasteiger partial charge in [-0.3, -0.25) is 4.99 Å². The largest absolute Gasteiger partial charge is 0.496 e. The highest BCUT2D eigenvalue weighted by atomic mass is 16.5. The number of nitrogens with zero attached hydrogens (tertiary/aromatic N) is 3. The monoisotopic (exact) mass is 286 g/mol. The molecule has 0 saturated heterocycles. The molecule has 1 aromatic carbocycles. The van der Waals surface area contributed by atoms with Crippen LogP contribution in [0.25, 0.3) is 11.3 Å². The van der Waals surface area contributed by atoms with Gasteiger partial charge in [0.25, 0.3) is 0 Å². The molecular weight excluding hydrogens is 268 g/mol. The van der Waals surface area contributed by atoms with E-state index in [0.717, 1.165) is 41.5 Å². The summed E-state index contributed by atoms with van der Waals surface area (Å²) >= 11 is 0. The second kappa shape index (κ2) is 5.57. The lowest BCUT2D eigenvalue weighted by Gasteiger charge is -2.15. The van der Waals surface area contributed by atoms with Crippen LogP contribution in [0, 0.1) is 0 Å². The van der Waals surface area contributed by atoms with E-state index in [9.17, 15) is 0 Å². The van der Waals surface area contributed by atoms with Crippen LogP contribution in [0.5, 0.6) is 5.75 Å². The standard InChI is InChI=1S/C15H18N4O2/c1-19-6-5-17-15(19)10-3-4-12(14(7-10)20-2)13-8-11(9-16)21-18-13/h3-4,7-8H,5-6,9,16H2,1-2H3. The van der Waals surface area contributed by atoms with Gasteiger partial charge in [-0.05, 0) is 12.1 Å². The number of aromatic nitrogens is 1. The van der Waals surface area contributed by atoms with Crippen LogP contribution >= 0.6 is 0 Å². The Hall–Kier alpha value is -2.34. The molecule has 1 aromatic heterocycles. The van der Waals surface area contributed by atoms with Gasteiger partial charge in [-0.1, -0.05) is 11.2 Å². The molecular formula is C15H18N4O2. The van der Waals surface area contributed by atoms with Crippen molar-refractivity contribution in [2.75, 3.05) is 27.2 Å². The lowest BCUT2D eigenvalue weighted by molar-refractivity contribution is 0.385. The first-order valence-electron chi connectivity index (χ1n) is 6.83. The molecule has 0 amide bonds. The van der Waals surface area contributed by atoms with Gasteiger partial charge in [-0.2, -0.15) is 0 Å². The number of ether oxygens (including phenoxy) is 1. The number of hydrogen-bond acceptors (Lipinski definition) is 6. The fourth-order valence-corrected chi connectivity index (χ4v) is 2.42. The van der Waals surface area contributed by atoms with Crippen molar-refractivity contribution in [1.82, 2.24) is 10.1 Å². The van der Waals surface area contributed by atoms with E-state index < -0.39 is 0 Å². The molecule has 6 nitrogen and oxygen atoms in total. The van der Waals surface area contributed by atoms with Crippen LogP contribution < -0.4 is 10.5 Å². The van der Waals surface area contributed by atoms with Crippen molar-refractivity contribution in [2.45, 2.75) is 6.54 Å². The van der Waals surface area contributed by atoms with Crippen LogP contribution in [0.3, 0.4) is 0 Å². The molecule has 0 radical (unpaired) electrons. The van der Waals surface area contributed by atoms with E-state index in [1.807, 2.05) is 31.3 Å². The number of nitrogens with two attached hydrogens (primary N) is 1. The van der Waals surface area contributed by atoms with Crippen LogP contribution in [0.1, 0.15) is 11.3 Å². The molecule has 2 heterocycles. The molecule has 0 saturated carbocycles. The van der Waals surface area contributed by atoms with E-state index in [2.05, 4.69) is 15.0 Å². The van der Waals surface area contributed by atoms with Crippen molar-refractivity contribution in [3.05, 3.63) is 35.6 Å². The molecule has 0 atom stereocenters. The predicted molar refractivity (Wildman–Crippen MR) is 80.4 cm³/mol. The Balaban J connectivity index is 1.99. The highest BCUT2D eigenvalue weighted by molar-refractivity contribution is 6.00. The molecule has 2 aromatic rings. The van der Waals surface area contributed by atoms with E-state index in [-0.39, 0.29) is 0 Å². The molecule has 2 N–H and O–H groups in total. The van der Waals surface area contributed by atoms with Gasteiger partial charge in [0, 0.05) is 30.8 Å². The molecule has 3 rings (SSSR count). The average molecular weight is 286 g/mol. The van der Waals surface area contributed by atoms with Crippen molar-refractivity contribution in [1.29, 1.82) is 0 Å². The Morgan fingerprint density at radius 1 is 1.38 bits per heavy atom. The minimum absolute atomic E-state index is 0.328. The minimum Gasteiger partial charge on any atom is -0.496 e. The number of hydrogen-bond donors (Lipinski definition) is 1. The summed E-state index contributed by atoms with van der Waals surface area (Å²) in [6.45, 7) is 2.11. The van der Waals surface area contributed by atoms with Gasteiger partial charge in [-0.15, -0.1) is 0 Å². The fraction of sp³-hybridized carbons (Fsp3) is 0.333. The Kier molecular flexibility index (Phi) is 3.62. The maximum absolute atomic E-state index is 5.55. The van der Waals surface area contributed by atoms with Crippen LogP contribution in [-0.4, -0.2) is 43.1 Å².